The van der Waals surface area contributed by atoms with Gasteiger partial charge in [0.25, 0.3) is 0 Å². The number of fused-ring (bicyclic) bond motifs is 1. The molecule has 1 heterocycles. The van der Waals surface area contributed by atoms with Crippen molar-refractivity contribution in [2.75, 3.05) is 7.11 Å². The molecule has 0 aliphatic heterocycles. The Kier molecular flexibility index (Phi) is 4.15. The summed E-state index contributed by atoms with van der Waals surface area (Å²) in [7, 11) is 1.38. The van der Waals surface area contributed by atoms with Gasteiger partial charge in [-0.15, -0.1) is 0 Å². The number of pyridine rings is 1. The van der Waals surface area contributed by atoms with Gasteiger partial charge in [0, 0.05) is 11.6 Å². The standard InChI is InChI=1S/C19H17NO2/c1-22-19(21)17-12-16-11-15(9-10-18(16)20-13-17)8-7-14-5-3-2-4-6-14/h2-6,9-13H,7-8H2,1H3. The fraction of sp³-hybridized carbons (Fsp3) is 0.158. The van der Waals surface area contributed by atoms with Crippen molar-refractivity contribution < 1.29 is 9.53 Å². The molecule has 0 unspecified atom stereocenters. The number of esters is 1. The summed E-state index contributed by atoms with van der Waals surface area (Å²) in [5.41, 5.74) is 3.93. The van der Waals surface area contributed by atoms with Crippen LogP contribution >= 0.6 is 0 Å². The molecule has 110 valence electrons. The summed E-state index contributed by atoms with van der Waals surface area (Å²) in [6.45, 7) is 0. The molecule has 0 spiro atoms. The molecule has 0 radical (unpaired) electrons. The Morgan fingerprint density at radius 3 is 2.55 bits per heavy atom. The van der Waals surface area contributed by atoms with E-state index in [0.29, 0.717) is 5.56 Å². The number of aryl methyl sites for hydroxylation is 2. The second kappa shape index (κ2) is 6.39. The van der Waals surface area contributed by atoms with Crippen molar-refractivity contribution in [1.29, 1.82) is 0 Å². The third-order valence-electron chi connectivity index (χ3n) is 3.71. The maximum atomic E-state index is 11.6. The SMILES string of the molecule is COC(=O)c1cnc2ccc(CCc3ccccc3)cc2c1. The Hall–Kier alpha value is -2.68. The highest BCUT2D eigenvalue weighted by Gasteiger charge is 2.07. The number of carbonyl (C=O) groups is 1. The average molecular weight is 291 g/mol. The molecule has 0 amide bonds. The van der Waals surface area contributed by atoms with Crippen molar-refractivity contribution >= 4 is 16.9 Å². The van der Waals surface area contributed by atoms with Crippen LogP contribution in [0.5, 0.6) is 0 Å². The van der Waals surface area contributed by atoms with Crippen LogP contribution in [0.25, 0.3) is 10.9 Å². The van der Waals surface area contributed by atoms with Crippen LogP contribution in [0.15, 0.2) is 60.8 Å². The molecular weight excluding hydrogens is 274 g/mol. The Morgan fingerprint density at radius 1 is 1.00 bits per heavy atom. The van der Waals surface area contributed by atoms with Gasteiger partial charge in [0.2, 0.25) is 0 Å². The molecule has 1 aromatic heterocycles. The first-order valence-corrected chi connectivity index (χ1v) is 7.27. The lowest BCUT2D eigenvalue weighted by Crippen LogP contribution is -2.01. The quantitative estimate of drug-likeness (QED) is 0.686. The van der Waals surface area contributed by atoms with E-state index in [1.165, 1.54) is 18.2 Å². The number of methoxy groups -OCH3 is 1. The van der Waals surface area contributed by atoms with Gasteiger partial charge in [-0.05, 0) is 42.2 Å². The number of hydrogen-bond acceptors (Lipinski definition) is 3. The van der Waals surface area contributed by atoms with E-state index in [1.807, 2.05) is 18.2 Å². The van der Waals surface area contributed by atoms with E-state index in [1.54, 1.807) is 6.20 Å². The highest BCUT2D eigenvalue weighted by Crippen LogP contribution is 2.17. The van der Waals surface area contributed by atoms with Gasteiger partial charge in [0.15, 0.2) is 0 Å². The zero-order chi connectivity index (χ0) is 15.4. The van der Waals surface area contributed by atoms with Gasteiger partial charge in [-0.2, -0.15) is 0 Å². The zero-order valence-corrected chi connectivity index (χ0v) is 12.5. The second-order valence-corrected chi connectivity index (χ2v) is 5.23. The fourth-order valence-electron chi connectivity index (χ4n) is 2.50. The van der Waals surface area contributed by atoms with Gasteiger partial charge in [-0.1, -0.05) is 36.4 Å². The number of ether oxygens (including phenoxy) is 1. The molecule has 22 heavy (non-hydrogen) atoms. The van der Waals surface area contributed by atoms with Gasteiger partial charge in [0.1, 0.15) is 0 Å². The number of benzene rings is 2. The molecule has 0 aliphatic rings. The fourth-order valence-corrected chi connectivity index (χ4v) is 2.50. The molecule has 3 aromatic rings. The lowest BCUT2D eigenvalue weighted by atomic mass is 10.0. The number of aromatic nitrogens is 1. The predicted octanol–water partition coefficient (Wildman–Crippen LogP) is 3.81. The van der Waals surface area contributed by atoms with Crippen molar-refractivity contribution in [3.63, 3.8) is 0 Å². The molecule has 0 N–H and O–H groups in total. The monoisotopic (exact) mass is 291 g/mol. The van der Waals surface area contributed by atoms with Crippen LogP contribution in [0.2, 0.25) is 0 Å². The molecular formula is C19H17NO2. The van der Waals surface area contributed by atoms with E-state index in [0.717, 1.165) is 23.7 Å². The first kappa shape index (κ1) is 14.3. The van der Waals surface area contributed by atoms with E-state index < -0.39 is 0 Å². The van der Waals surface area contributed by atoms with Crippen molar-refractivity contribution in [3.05, 3.63) is 77.5 Å². The maximum Gasteiger partial charge on any atom is 0.339 e. The molecule has 0 aliphatic carbocycles. The van der Waals surface area contributed by atoms with Crippen molar-refractivity contribution in [1.82, 2.24) is 4.98 Å². The lowest BCUT2D eigenvalue weighted by molar-refractivity contribution is 0.0600. The number of carbonyl (C=O) groups excluding carboxylic acids is 1. The van der Waals surface area contributed by atoms with Crippen LogP contribution in [-0.4, -0.2) is 18.1 Å². The van der Waals surface area contributed by atoms with Crippen molar-refractivity contribution in [2.45, 2.75) is 12.8 Å². The minimum atomic E-state index is -0.357. The van der Waals surface area contributed by atoms with Gasteiger partial charge in [-0.3, -0.25) is 4.98 Å². The third kappa shape index (κ3) is 3.14. The smallest absolute Gasteiger partial charge is 0.339 e. The first-order chi connectivity index (χ1) is 10.8. The molecule has 0 bridgehead atoms. The summed E-state index contributed by atoms with van der Waals surface area (Å²) in [5.74, 6) is -0.357. The molecule has 0 saturated carbocycles. The number of hydrogen-bond donors (Lipinski definition) is 0. The van der Waals surface area contributed by atoms with E-state index in [-0.39, 0.29) is 5.97 Å². The van der Waals surface area contributed by atoms with Crippen LogP contribution in [0.1, 0.15) is 21.5 Å². The van der Waals surface area contributed by atoms with E-state index in [9.17, 15) is 4.79 Å². The van der Waals surface area contributed by atoms with Crippen molar-refractivity contribution in [2.24, 2.45) is 0 Å². The van der Waals surface area contributed by atoms with Crippen LogP contribution in [0.3, 0.4) is 0 Å². The Bertz CT molecular complexity index is 797. The Morgan fingerprint density at radius 2 is 1.77 bits per heavy atom. The normalized spacial score (nSPS) is 10.6. The van der Waals surface area contributed by atoms with E-state index in [4.69, 9.17) is 4.74 Å². The highest BCUT2D eigenvalue weighted by atomic mass is 16.5. The Labute approximate surface area is 129 Å². The molecule has 3 heteroatoms. The van der Waals surface area contributed by atoms with Crippen LogP contribution in [0.4, 0.5) is 0 Å². The molecule has 0 fully saturated rings. The molecule has 0 saturated heterocycles. The van der Waals surface area contributed by atoms with Gasteiger partial charge < -0.3 is 4.74 Å². The predicted molar refractivity (Wildman–Crippen MR) is 86.9 cm³/mol. The summed E-state index contributed by atoms with van der Waals surface area (Å²) in [6.07, 6.45) is 3.51. The average Bonchev–Trinajstić information content (AvgIpc) is 2.59. The minimum Gasteiger partial charge on any atom is -0.465 e. The largest absolute Gasteiger partial charge is 0.465 e. The summed E-state index contributed by atoms with van der Waals surface area (Å²) < 4.78 is 4.74. The summed E-state index contributed by atoms with van der Waals surface area (Å²) in [4.78, 5) is 15.9. The van der Waals surface area contributed by atoms with E-state index >= 15 is 0 Å². The topological polar surface area (TPSA) is 39.2 Å². The van der Waals surface area contributed by atoms with Gasteiger partial charge >= 0.3 is 5.97 Å². The summed E-state index contributed by atoms with van der Waals surface area (Å²) >= 11 is 0. The molecule has 2 aromatic carbocycles. The van der Waals surface area contributed by atoms with E-state index in [2.05, 4.69) is 41.4 Å². The summed E-state index contributed by atoms with van der Waals surface area (Å²) in [6, 6.07) is 18.4. The third-order valence-corrected chi connectivity index (χ3v) is 3.71. The maximum absolute atomic E-state index is 11.6. The summed E-state index contributed by atoms with van der Waals surface area (Å²) in [5, 5.41) is 0.966. The molecule has 3 nitrogen and oxygen atoms in total. The van der Waals surface area contributed by atoms with Crippen LogP contribution in [0, 0.1) is 0 Å². The van der Waals surface area contributed by atoms with Gasteiger partial charge in [-0.25, -0.2) is 4.79 Å². The van der Waals surface area contributed by atoms with Crippen LogP contribution < -0.4 is 0 Å². The molecule has 0 atom stereocenters. The van der Waals surface area contributed by atoms with Crippen molar-refractivity contribution in [3.8, 4) is 0 Å². The lowest BCUT2D eigenvalue weighted by Gasteiger charge is -2.05. The molecule has 3 rings (SSSR count). The number of rotatable bonds is 4. The van der Waals surface area contributed by atoms with Gasteiger partial charge in [0.05, 0.1) is 18.2 Å². The second-order valence-electron chi connectivity index (χ2n) is 5.23. The minimum absolute atomic E-state index is 0.357. The number of nitrogens with zero attached hydrogens (tertiary/aromatic N) is 1. The van der Waals surface area contributed by atoms with Crippen LogP contribution in [-0.2, 0) is 17.6 Å². The first-order valence-electron chi connectivity index (χ1n) is 7.27. The highest BCUT2D eigenvalue weighted by molar-refractivity contribution is 5.93. The Balaban J connectivity index is 1.83. The zero-order valence-electron chi connectivity index (χ0n) is 12.5.